The molecule has 1 aromatic heterocycles. The molecule has 0 aliphatic heterocycles. The molecular formula is C13H21N3O2. The van der Waals surface area contributed by atoms with Gasteiger partial charge in [0.2, 0.25) is 0 Å². The minimum Gasteiger partial charge on any atom is -0.396 e. The maximum atomic E-state index is 12.2. The fourth-order valence-electron chi connectivity index (χ4n) is 2.66. The molecule has 0 saturated heterocycles. The fourth-order valence-corrected chi connectivity index (χ4v) is 2.66. The quantitative estimate of drug-likeness (QED) is 0.842. The smallest absolute Gasteiger partial charge is 0.269 e. The molecule has 0 spiro atoms. The van der Waals surface area contributed by atoms with E-state index in [0.29, 0.717) is 12.2 Å². The van der Waals surface area contributed by atoms with Crippen LogP contribution in [-0.4, -0.2) is 33.4 Å². The van der Waals surface area contributed by atoms with Crippen LogP contribution in [-0.2, 0) is 6.54 Å². The largest absolute Gasteiger partial charge is 0.396 e. The number of amides is 1. The van der Waals surface area contributed by atoms with Gasteiger partial charge in [0.05, 0.1) is 5.69 Å². The fraction of sp³-hybridized carbons (Fsp3) is 0.692. The number of nitrogens with zero attached hydrogens (tertiary/aromatic N) is 2. The number of carbonyl (C=O) groups is 1. The van der Waals surface area contributed by atoms with Gasteiger partial charge in [-0.15, -0.1) is 0 Å². The van der Waals surface area contributed by atoms with Crippen molar-refractivity contribution in [3.05, 3.63) is 17.5 Å². The first-order chi connectivity index (χ1) is 8.65. The second-order valence-corrected chi connectivity index (χ2v) is 4.94. The van der Waals surface area contributed by atoms with Crippen LogP contribution >= 0.6 is 0 Å². The number of carbonyl (C=O) groups excluding carboxylic acids is 1. The Morgan fingerprint density at radius 1 is 1.61 bits per heavy atom. The van der Waals surface area contributed by atoms with E-state index in [2.05, 4.69) is 10.4 Å². The number of hydrogen-bond acceptors (Lipinski definition) is 3. The van der Waals surface area contributed by atoms with E-state index < -0.39 is 0 Å². The first kappa shape index (κ1) is 13.1. The number of aliphatic hydroxyl groups excluding tert-OH is 1. The lowest BCUT2D eigenvalue weighted by Crippen LogP contribution is -2.39. The van der Waals surface area contributed by atoms with Crippen molar-refractivity contribution in [2.24, 2.45) is 5.92 Å². The molecule has 2 unspecified atom stereocenters. The van der Waals surface area contributed by atoms with Crippen molar-refractivity contribution >= 4 is 5.91 Å². The highest BCUT2D eigenvalue weighted by Gasteiger charge is 2.28. The Hall–Kier alpha value is -1.36. The Balaban J connectivity index is 2.07. The summed E-state index contributed by atoms with van der Waals surface area (Å²) in [6.45, 7) is 4.69. The van der Waals surface area contributed by atoms with Gasteiger partial charge in [-0.2, -0.15) is 5.10 Å². The summed E-state index contributed by atoms with van der Waals surface area (Å²) in [7, 11) is 0. The summed E-state index contributed by atoms with van der Waals surface area (Å²) < 4.78 is 1.72. The summed E-state index contributed by atoms with van der Waals surface area (Å²) in [5, 5.41) is 16.6. The van der Waals surface area contributed by atoms with Gasteiger partial charge in [-0.05, 0) is 32.8 Å². The number of aromatic nitrogens is 2. The first-order valence-corrected chi connectivity index (χ1v) is 6.62. The monoisotopic (exact) mass is 251 g/mol. The summed E-state index contributed by atoms with van der Waals surface area (Å²) in [4.78, 5) is 12.2. The van der Waals surface area contributed by atoms with Crippen LogP contribution in [0.2, 0.25) is 0 Å². The maximum Gasteiger partial charge on any atom is 0.269 e. The third-order valence-electron chi connectivity index (χ3n) is 3.64. The zero-order chi connectivity index (χ0) is 13.1. The third-order valence-corrected chi connectivity index (χ3v) is 3.64. The molecule has 2 N–H and O–H groups in total. The lowest BCUT2D eigenvalue weighted by atomic mass is 10.1. The predicted molar refractivity (Wildman–Crippen MR) is 68.3 cm³/mol. The Labute approximate surface area is 107 Å². The van der Waals surface area contributed by atoms with E-state index in [-0.39, 0.29) is 24.5 Å². The number of aryl methyl sites for hydroxylation is 2. The van der Waals surface area contributed by atoms with Crippen LogP contribution in [0.25, 0.3) is 0 Å². The predicted octanol–water partition coefficient (Wildman–Crippen LogP) is 1.10. The van der Waals surface area contributed by atoms with Crippen LogP contribution in [0.5, 0.6) is 0 Å². The normalized spacial score (nSPS) is 23.3. The Kier molecular flexibility index (Phi) is 4.01. The number of aliphatic hydroxyl groups is 1. The third kappa shape index (κ3) is 2.56. The Morgan fingerprint density at radius 2 is 2.39 bits per heavy atom. The average molecular weight is 251 g/mol. The van der Waals surface area contributed by atoms with E-state index >= 15 is 0 Å². The lowest BCUT2D eigenvalue weighted by molar-refractivity contribution is 0.0905. The molecule has 1 aromatic rings. The van der Waals surface area contributed by atoms with Crippen LogP contribution in [0.1, 0.15) is 42.4 Å². The SMILES string of the molecule is CCn1nc(C)cc1C(=O)NC1CCCC1CO. The van der Waals surface area contributed by atoms with Crippen LogP contribution in [0.4, 0.5) is 0 Å². The van der Waals surface area contributed by atoms with Gasteiger partial charge in [-0.25, -0.2) is 0 Å². The van der Waals surface area contributed by atoms with E-state index in [1.807, 2.05) is 19.9 Å². The van der Waals surface area contributed by atoms with Gasteiger partial charge >= 0.3 is 0 Å². The van der Waals surface area contributed by atoms with Crippen LogP contribution in [0, 0.1) is 12.8 Å². The minimum absolute atomic E-state index is 0.0807. The van der Waals surface area contributed by atoms with Crippen molar-refractivity contribution in [2.45, 2.75) is 45.7 Å². The van der Waals surface area contributed by atoms with Crippen molar-refractivity contribution in [2.75, 3.05) is 6.61 Å². The number of rotatable bonds is 4. The molecule has 1 heterocycles. The summed E-state index contributed by atoms with van der Waals surface area (Å²) in [5.41, 5.74) is 1.46. The van der Waals surface area contributed by atoms with Gasteiger partial charge in [0, 0.05) is 25.1 Å². The van der Waals surface area contributed by atoms with Crippen molar-refractivity contribution in [3.63, 3.8) is 0 Å². The molecule has 2 atom stereocenters. The molecule has 2 rings (SSSR count). The molecule has 5 heteroatoms. The van der Waals surface area contributed by atoms with E-state index in [0.717, 1.165) is 25.0 Å². The molecule has 1 aliphatic rings. The molecule has 5 nitrogen and oxygen atoms in total. The Morgan fingerprint density at radius 3 is 3.06 bits per heavy atom. The summed E-state index contributed by atoms with van der Waals surface area (Å²) in [6, 6.07) is 1.91. The zero-order valence-electron chi connectivity index (χ0n) is 11.0. The Bertz CT molecular complexity index is 428. The molecule has 0 radical (unpaired) electrons. The second kappa shape index (κ2) is 5.52. The lowest BCUT2D eigenvalue weighted by Gasteiger charge is -2.19. The molecule has 18 heavy (non-hydrogen) atoms. The highest BCUT2D eigenvalue weighted by Crippen LogP contribution is 2.25. The highest BCUT2D eigenvalue weighted by atomic mass is 16.3. The molecular weight excluding hydrogens is 230 g/mol. The van der Waals surface area contributed by atoms with Crippen molar-refractivity contribution in [1.82, 2.24) is 15.1 Å². The molecule has 0 bridgehead atoms. The van der Waals surface area contributed by atoms with Gasteiger partial charge in [0.25, 0.3) is 5.91 Å². The first-order valence-electron chi connectivity index (χ1n) is 6.62. The van der Waals surface area contributed by atoms with Gasteiger partial charge in [0.15, 0.2) is 0 Å². The average Bonchev–Trinajstić information content (AvgIpc) is 2.94. The number of nitrogens with one attached hydrogen (secondary N) is 1. The van der Waals surface area contributed by atoms with Crippen molar-refractivity contribution in [1.29, 1.82) is 0 Å². The summed E-state index contributed by atoms with van der Waals surface area (Å²) >= 11 is 0. The van der Waals surface area contributed by atoms with Gasteiger partial charge in [0.1, 0.15) is 5.69 Å². The van der Waals surface area contributed by atoms with Crippen LogP contribution in [0.3, 0.4) is 0 Å². The molecule has 1 saturated carbocycles. The maximum absolute atomic E-state index is 12.2. The van der Waals surface area contributed by atoms with Gasteiger partial charge in [-0.3, -0.25) is 9.48 Å². The van der Waals surface area contributed by atoms with Gasteiger partial charge in [-0.1, -0.05) is 6.42 Å². The van der Waals surface area contributed by atoms with E-state index in [1.54, 1.807) is 4.68 Å². The highest BCUT2D eigenvalue weighted by molar-refractivity contribution is 5.92. The van der Waals surface area contributed by atoms with Crippen LogP contribution in [0.15, 0.2) is 6.07 Å². The van der Waals surface area contributed by atoms with E-state index in [4.69, 9.17) is 0 Å². The molecule has 0 aromatic carbocycles. The van der Waals surface area contributed by atoms with Crippen LogP contribution < -0.4 is 5.32 Å². The minimum atomic E-state index is -0.0807. The zero-order valence-corrected chi connectivity index (χ0v) is 11.0. The molecule has 100 valence electrons. The molecule has 1 amide bonds. The molecule has 1 fully saturated rings. The summed E-state index contributed by atoms with van der Waals surface area (Å²) in [5.74, 6) is 0.121. The summed E-state index contributed by atoms with van der Waals surface area (Å²) in [6.07, 6.45) is 3.02. The van der Waals surface area contributed by atoms with Crippen molar-refractivity contribution in [3.8, 4) is 0 Å². The van der Waals surface area contributed by atoms with Gasteiger partial charge < -0.3 is 10.4 Å². The topological polar surface area (TPSA) is 67.2 Å². The van der Waals surface area contributed by atoms with E-state index in [9.17, 15) is 9.90 Å². The van der Waals surface area contributed by atoms with Crippen molar-refractivity contribution < 1.29 is 9.90 Å². The molecule has 1 aliphatic carbocycles. The number of hydrogen-bond donors (Lipinski definition) is 2. The second-order valence-electron chi connectivity index (χ2n) is 4.94. The van der Waals surface area contributed by atoms with E-state index in [1.165, 1.54) is 0 Å². The standard InChI is InChI=1S/C13H21N3O2/c1-3-16-12(7-9(2)15-16)13(18)14-11-6-4-5-10(11)8-17/h7,10-11,17H,3-6,8H2,1-2H3,(H,14,18).